The molecule has 0 aliphatic rings. The van der Waals surface area contributed by atoms with E-state index < -0.39 is 21.7 Å². The highest BCUT2D eigenvalue weighted by atomic mass is 35.5. The number of methoxy groups -OCH3 is 1. The maximum Gasteiger partial charge on any atom is 0.339 e. The minimum Gasteiger partial charge on any atom is -0.497 e. The number of halogens is 1. The molecule has 1 unspecified atom stereocenters. The molecule has 2 aromatic carbocycles. The van der Waals surface area contributed by atoms with Crippen LogP contribution in [0.2, 0.25) is 5.02 Å². The van der Waals surface area contributed by atoms with Crippen LogP contribution in [0.4, 0.5) is 0 Å². The Hall–Kier alpha value is -1.83. The zero-order chi connectivity index (χ0) is 21.6. The van der Waals surface area contributed by atoms with E-state index in [2.05, 4.69) is 4.40 Å². The molecule has 0 heterocycles. The van der Waals surface area contributed by atoms with Crippen LogP contribution in [0.3, 0.4) is 0 Å². The molecule has 0 saturated carbocycles. The van der Waals surface area contributed by atoms with Gasteiger partial charge in [-0.05, 0) is 52.0 Å². The van der Waals surface area contributed by atoms with Crippen LogP contribution >= 0.6 is 23.4 Å². The summed E-state index contributed by atoms with van der Waals surface area (Å²) in [5.41, 5.74) is 1.10. The van der Waals surface area contributed by atoms with E-state index in [1.807, 2.05) is 32.9 Å². The Morgan fingerprint density at radius 2 is 1.97 bits per heavy atom. The van der Waals surface area contributed by atoms with Crippen molar-refractivity contribution in [2.45, 2.75) is 42.2 Å². The molecule has 5 nitrogen and oxygen atoms in total. The molecule has 0 aliphatic heterocycles. The van der Waals surface area contributed by atoms with Crippen LogP contribution in [0.5, 0.6) is 5.75 Å². The summed E-state index contributed by atoms with van der Waals surface area (Å²) < 4.78 is 26.5. The molecule has 0 fully saturated rings. The smallest absolute Gasteiger partial charge is 0.339 e. The van der Waals surface area contributed by atoms with Crippen LogP contribution in [0.1, 0.15) is 43.6 Å². The summed E-state index contributed by atoms with van der Waals surface area (Å²) in [6.45, 7) is 7.61. The Kier molecular flexibility index (Phi) is 8.31. The Morgan fingerprint density at radius 1 is 1.28 bits per heavy atom. The maximum atomic E-state index is 12.3. The van der Waals surface area contributed by atoms with E-state index in [1.54, 1.807) is 38.3 Å². The Morgan fingerprint density at radius 3 is 2.59 bits per heavy atom. The Labute approximate surface area is 183 Å². The van der Waals surface area contributed by atoms with Crippen molar-refractivity contribution >= 4 is 46.5 Å². The fourth-order valence-corrected chi connectivity index (χ4v) is 4.09. The Balaban J connectivity index is 2.50. The summed E-state index contributed by atoms with van der Waals surface area (Å²) in [7, 11) is 0.124. The highest BCUT2D eigenvalue weighted by Crippen LogP contribution is 2.39. The predicted molar refractivity (Wildman–Crippen MR) is 120 cm³/mol. The molecule has 2 rings (SSSR count). The third-order valence-electron chi connectivity index (χ3n) is 3.69. The van der Waals surface area contributed by atoms with Gasteiger partial charge in [-0.3, -0.25) is 0 Å². The summed E-state index contributed by atoms with van der Waals surface area (Å²) in [5.74, 6) is 0.158. The molecule has 0 bridgehead atoms. The molecule has 0 amide bonds. The number of carbonyl (C=O) groups is 1. The molecule has 0 aromatic heterocycles. The van der Waals surface area contributed by atoms with E-state index in [4.69, 9.17) is 21.1 Å². The molecule has 0 aliphatic carbocycles. The van der Waals surface area contributed by atoms with Crippen LogP contribution in [0, 0.1) is 0 Å². The van der Waals surface area contributed by atoms with Crippen molar-refractivity contribution in [2.75, 3.05) is 13.7 Å². The molecule has 2 aromatic rings. The highest BCUT2D eigenvalue weighted by molar-refractivity contribution is 7.99. The number of hydrogen-bond donors (Lipinski definition) is 0. The standard InChI is InChI=1S/C21H24ClNO4S2/c1-6-27-20(24)16-9-7-8-10-18(16)28-19-14(11-15(26-5)12-17(19)22)13-23-29(25)21(2,3)4/h7-13H,6H2,1-5H3/b23-13+. The molecular weight excluding hydrogens is 430 g/mol. The summed E-state index contributed by atoms with van der Waals surface area (Å²) in [5, 5.41) is 0.441. The van der Waals surface area contributed by atoms with Gasteiger partial charge in [-0.15, -0.1) is 0 Å². The lowest BCUT2D eigenvalue weighted by molar-refractivity contribution is 0.0522. The van der Waals surface area contributed by atoms with E-state index in [1.165, 1.54) is 18.0 Å². The van der Waals surface area contributed by atoms with Crippen molar-refractivity contribution in [1.82, 2.24) is 0 Å². The number of rotatable bonds is 7. The minimum atomic E-state index is -1.42. The van der Waals surface area contributed by atoms with Gasteiger partial charge in [0.05, 0.1) is 29.0 Å². The van der Waals surface area contributed by atoms with Crippen molar-refractivity contribution in [3.8, 4) is 5.75 Å². The van der Waals surface area contributed by atoms with Crippen molar-refractivity contribution in [3.63, 3.8) is 0 Å². The third kappa shape index (κ3) is 6.32. The van der Waals surface area contributed by atoms with E-state index in [0.717, 1.165) is 0 Å². The van der Waals surface area contributed by atoms with Gasteiger partial charge in [0.15, 0.2) is 0 Å². The van der Waals surface area contributed by atoms with Crippen molar-refractivity contribution in [2.24, 2.45) is 4.40 Å². The van der Waals surface area contributed by atoms with Gasteiger partial charge in [-0.25, -0.2) is 9.00 Å². The zero-order valence-corrected chi connectivity index (χ0v) is 19.4. The lowest BCUT2D eigenvalue weighted by atomic mass is 10.2. The van der Waals surface area contributed by atoms with Gasteiger partial charge in [0, 0.05) is 21.6 Å². The number of ether oxygens (including phenoxy) is 2. The topological polar surface area (TPSA) is 65.0 Å². The minimum absolute atomic E-state index is 0.289. The Bertz CT molecular complexity index is 939. The SMILES string of the molecule is CCOC(=O)c1ccccc1Sc1c(Cl)cc(OC)cc1/C=N/S(=O)C(C)(C)C. The number of esters is 1. The molecule has 156 valence electrons. The average Bonchev–Trinajstić information content (AvgIpc) is 2.67. The van der Waals surface area contributed by atoms with Gasteiger partial charge in [0.2, 0.25) is 0 Å². The van der Waals surface area contributed by atoms with Crippen molar-refractivity contribution in [1.29, 1.82) is 0 Å². The first-order chi connectivity index (χ1) is 13.7. The first-order valence-electron chi connectivity index (χ1n) is 8.95. The summed E-state index contributed by atoms with van der Waals surface area (Å²) in [6.07, 6.45) is 1.53. The van der Waals surface area contributed by atoms with E-state index in [-0.39, 0.29) is 6.61 Å². The zero-order valence-electron chi connectivity index (χ0n) is 17.0. The molecule has 1 atom stereocenters. The second-order valence-corrected chi connectivity index (χ2v) is 10.3. The van der Waals surface area contributed by atoms with Crippen LogP contribution in [-0.2, 0) is 15.7 Å². The van der Waals surface area contributed by atoms with E-state index >= 15 is 0 Å². The lowest BCUT2D eigenvalue weighted by Crippen LogP contribution is -2.19. The van der Waals surface area contributed by atoms with Crippen LogP contribution in [0.25, 0.3) is 0 Å². The average molecular weight is 454 g/mol. The van der Waals surface area contributed by atoms with Crippen molar-refractivity contribution in [3.05, 3.63) is 52.5 Å². The lowest BCUT2D eigenvalue weighted by Gasteiger charge is -2.15. The van der Waals surface area contributed by atoms with Crippen LogP contribution in [0.15, 0.2) is 50.6 Å². The number of benzene rings is 2. The fourth-order valence-electron chi connectivity index (χ4n) is 2.22. The van der Waals surface area contributed by atoms with Gasteiger partial charge in [0.25, 0.3) is 0 Å². The van der Waals surface area contributed by atoms with Crippen molar-refractivity contribution < 1.29 is 18.5 Å². The summed E-state index contributed by atoms with van der Waals surface area (Å²) in [6, 6.07) is 10.6. The van der Waals surface area contributed by atoms with Gasteiger partial charge in [-0.2, -0.15) is 4.40 Å². The summed E-state index contributed by atoms with van der Waals surface area (Å²) >= 11 is 7.83. The summed E-state index contributed by atoms with van der Waals surface area (Å²) in [4.78, 5) is 13.7. The maximum absolute atomic E-state index is 12.3. The molecule has 0 radical (unpaired) electrons. The second kappa shape index (κ2) is 10.3. The molecule has 8 heteroatoms. The molecule has 0 spiro atoms. The normalized spacial score (nSPS) is 12.8. The molecule has 29 heavy (non-hydrogen) atoms. The molecular formula is C21H24ClNO4S2. The van der Waals surface area contributed by atoms with E-state index in [9.17, 15) is 9.00 Å². The van der Waals surface area contributed by atoms with Gasteiger partial charge < -0.3 is 9.47 Å². The molecule has 0 N–H and O–H groups in total. The van der Waals surface area contributed by atoms with E-state index in [0.29, 0.717) is 31.7 Å². The van der Waals surface area contributed by atoms with Gasteiger partial charge in [-0.1, -0.05) is 35.5 Å². The largest absolute Gasteiger partial charge is 0.497 e. The second-order valence-electron chi connectivity index (χ2n) is 6.94. The number of carbonyl (C=O) groups excluding carboxylic acids is 1. The van der Waals surface area contributed by atoms with Crippen LogP contribution in [-0.4, -0.2) is 34.9 Å². The van der Waals surface area contributed by atoms with Gasteiger partial charge in [0.1, 0.15) is 16.7 Å². The first kappa shape index (κ1) is 23.4. The molecule has 0 saturated heterocycles. The highest BCUT2D eigenvalue weighted by Gasteiger charge is 2.20. The number of hydrogen-bond acceptors (Lipinski definition) is 5. The monoisotopic (exact) mass is 453 g/mol. The van der Waals surface area contributed by atoms with Gasteiger partial charge >= 0.3 is 5.97 Å². The number of nitrogens with zero attached hydrogens (tertiary/aromatic N) is 1. The fraction of sp³-hybridized carbons (Fsp3) is 0.333. The quantitative estimate of drug-likeness (QED) is 0.405. The predicted octanol–water partition coefficient (Wildman–Crippen LogP) is 5.56. The third-order valence-corrected chi connectivity index (χ3v) is 6.68. The first-order valence-corrected chi connectivity index (χ1v) is 11.2. The van der Waals surface area contributed by atoms with Crippen LogP contribution < -0.4 is 4.74 Å².